The number of amides is 1. The minimum atomic E-state index is -0.262. The van der Waals surface area contributed by atoms with Gasteiger partial charge in [-0.05, 0) is 42.8 Å². The first-order chi connectivity index (χ1) is 10.6. The van der Waals surface area contributed by atoms with Crippen molar-refractivity contribution in [1.82, 2.24) is 0 Å². The van der Waals surface area contributed by atoms with Gasteiger partial charge in [-0.3, -0.25) is 4.79 Å². The first kappa shape index (κ1) is 15.7. The van der Waals surface area contributed by atoms with Crippen molar-refractivity contribution in [3.05, 3.63) is 48.0 Å². The van der Waals surface area contributed by atoms with Crippen LogP contribution in [0.3, 0.4) is 0 Å². The van der Waals surface area contributed by atoms with Gasteiger partial charge >= 0.3 is 0 Å². The number of methoxy groups -OCH3 is 1. The Morgan fingerprint density at radius 1 is 1.14 bits per heavy atom. The number of nitrogens with one attached hydrogen (secondary N) is 1. The largest absolute Gasteiger partial charge is 0.497 e. The molecule has 1 amide bonds. The Labute approximate surface area is 130 Å². The summed E-state index contributed by atoms with van der Waals surface area (Å²) in [6.45, 7) is 2.72. The van der Waals surface area contributed by atoms with Crippen molar-refractivity contribution >= 4 is 17.3 Å². The summed E-state index contributed by atoms with van der Waals surface area (Å²) in [7, 11) is 1.55. The molecular weight excluding hydrogens is 280 g/mol. The van der Waals surface area contributed by atoms with E-state index in [1.54, 1.807) is 37.4 Å². The predicted molar refractivity (Wildman–Crippen MR) is 87.6 cm³/mol. The quantitative estimate of drug-likeness (QED) is 0.803. The Hall–Kier alpha value is -2.69. The lowest BCUT2D eigenvalue weighted by Gasteiger charge is -2.10. The number of benzene rings is 2. The van der Waals surface area contributed by atoms with Gasteiger partial charge in [-0.1, -0.05) is 6.92 Å². The van der Waals surface area contributed by atoms with Crippen molar-refractivity contribution < 1.29 is 14.3 Å². The summed E-state index contributed by atoms with van der Waals surface area (Å²) >= 11 is 0. The molecule has 0 radical (unpaired) electrons. The van der Waals surface area contributed by atoms with Gasteiger partial charge in [-0.15, -0.1) is 0 Å². The lowest BCUT2D eigenvalue weighted by Crippen LogP contribution is -2.14. The van der Waals surface area contributed by atoms with Gasteiger partial charge in [0.05, 0.1) is 19.3 Å². The average Bonchev–Trinajstić information content (AvgIpc) is 2.53. The Kier molecular flexibility index (Phi) is 5.25. The SMILES string of the molecule is CCCOc1ccc(NC(=O)c2ccc(OC)cc2N)cc1. The van der Waals surface area contributed by atoms with E-state index in [0.717, 1.165) is 12.2 Å². The van der Waals surface area contributed by atoms with Gasteiger partial charge in [-0.2, -0.15) is 0 Å². The molecule has 0 unspecified atom stereocenters. The standard InChI is InChI=1S/C17H20N2O3/c1-3-10-22-13-6-4-12(5-7-13)19-17(20)15-9-8-14(21-2)11-16(15)18/h4-9,11H,3,10,18H2,1-2H3,(H,19,20). The van der Waals surface area contributed by atoms with Gasteiger partial charge < -0.3 is 20.5 Å². The summed E-state index contributed by atoms with van der Waals surface area (Å²) in [6.07, 6.45) is 0.954. The zero-order valence-electron chi connectivity index (χ0n) is 12.8. The zero-order chi connectivity index (χ0) is 15.9. The monoisotopic (exact) mass is 300 g/mol. The van der Waals surface area contributed by atoms with Crippen molar-refractivity contribution in [2.45, 2.75) is 13.3 Å². The third-order valence-electron chi connectivity index (χ3n) is 3.09. The number of hydrogen-bond donors (Lipinski definition) is 2. The number of nitrogens with two attached hydrogens (primary N) is 1. The maximum absolute atomic E-state index is 12.2. The van der Waals surface area contributed by atoms with Crippen molar-refractivity contribution in [3.63, 3.8) is 0 Å². The minimum absolute atomic E-state index is 0.262. The van der Waals surface area contributed by atoms with Crippen LogP contribution in [-0.2, 0) is 0 Å². The van der Waals surface area contributed by atoms with E-state index in [4.69, 9.17) is 15.2 Å². The molecule has 0 aliphatic carbocycles. The molecular formula is C17H20N2O3. The third kappa shape index (κ3) is 3.91. The molecule has 3 N–H and O–H groups in total. The summed E-state index contributed by atoms with van der Waals surface area (Å²) in [5.41, 5.74) is 7.34. The number of anilines is 2. The van der Waals surface area contributed by atoms with Gasteiger partial charge in [0.25, 0.3) is 5.91 Å². The van der Waals surface area contributed by atoms with Gasteiger partial charge in [0.2, 0.25) is 0 Å². The van der Waals surface area contributed by atoms with Gasteiger partial charge in [0.1, 0.15) is 11.5 Å². The summed E-state index contributed by atoms with van der Waals surface area (Å²) in [5.74, 6) is 1.14. The molecule has 0 spiro atoms. The van der Waals surface area contributed by atoms with Crippen LogP contribution in [0, 0.1) is 0 Å². The van der Waals surface area contributed by atoms with Crippen molar-refractivity contribution in [2.24, 2.45) is 0 Å². The second-order valence-electron chi connectivity index (χ2n) is 4.78. The molecule has 0 aliphatic rings. The number of carbonyl (C=O) groups is 1. The van der Waals surface area contributed by atoms with Crippen LogP contribution in [0.25, 0.3) is 0 Å². The summed E-state index contributed by atoms with van der Waals surface area (Å²) < 4.78 is 10.6. The highest BCUT2D eigenvalue weighted by molar-refractivity contribution is 6.07. The fourth-order valence-electron chi connectivity index (χ4n) is 1.93. The van der Waals surface area contributed by atoms with E-state index in [1.807, 2.05) is 19.1 Å². The third-order valence-corrected chi connectivity index (χ3v) is 3.09. The van der Waals surface area contributed by atoms with Gasteiger partial charge in [-0.25, -0.2) is 0 Å². The molecule has 2 aromatic rings. The fraction of sp³-hybridized carbons (Fsp3) is 0.235. The highest BCUT2D eigenvalue weighted by Crippen LogP contribution is 2.21. The van der Waals surface area contributed by atoms with Crippen LogP contribution < -0.4 is 20.5 Å². The van der Waals surface area contributed by atoms with E-state index in [0.29, 0.717) is 29.3 Å². The van der Waals surface area contributed by atoms with Crippen molar-refractivity contribution in [3.8, 4) is 11.5 Å². The van der Waals surface area contributed by atoms with E-state index in [2.05, 4.69) is 5.32 Å². The Bertz CT molecular complexity index is 639. The van der Waals surface area contributed by atoms with Crippen LogP contribution in [0.15, 0.2) is 42.5 Å². The number of ether oxygens (including phenoxy) is 2. The van der Waals surface area contributed by atoms with Crippen molar-refractivity contribution in [1.29, 1.82) is 0 Å². The number of hydrogen-bond acceptors (Lipinski definition) is 4. The minimum Gasteiger partial charge on any atom is -0.497 e. The second kappa shape index (κ2) is 7.36. The second-order valence-corrected chi connectivity index (χ2v) is 4.78. The van der Waals surface area contributed by atoms with E-state index >= 15 is 0 Å². The lowest BCUT2D eigenvalue weighted by atomic mass is 10.1. The first-order valence-electron chi connectivity index (χ1n) is 7.11. The van der Waals surface area contributed by atoms with E-state index in [-0.39, 0.29) is 5.91 Å². The topological polar surface area (TPSA) is 73.6 Å². The molecule has 2 rings (SSSR count). The molecule has 5 nitrogen and oxygen atoms in total. The molecule has 0 aliphatic heterocycles. The Morgan fingerprint density at radius 2 is 1.82 bits per heavy atom. The molecule has 5 heteroatoms. The highest BCUT2D eigenvalue weighted by Gasteiger charge is 2.11. The molecule has 2 aromatic carbocycles. The molecule has 0 fully saturated rings. The highest BCUT2D eigenvalue weighted by atomic mass is 16.5. The first-order valence-corrected chi connectivity index (χ1v) is 7.11. The normalized spacial score (nSPS) is 10.1. The maximum Gasteiger partial charge on any atom is 0.257 e. The summed E-state index contributed by atoms with van der Waals surface area (Å²) in [5, 5.41) is 2.80. The van der Waals surface area contributed by atoms with E-state index < -0.39 is 0 Å². The number of nitrogen functional groups attached to an aromatic ring is 1. The smallest absolute Gasteiger partial charge is 0.257 e. The van der Waals surface area contributed by atoms with E-state index in [9.17, 15) is 4.79 Å². The molecule has 0 saturated heterocycles. The van der Waals surface area contributed by atoms with Crippen LogP contribution >= 0.6 is 0 Å². The van der Waals surface area contributed by atoms with Crippen LogP contribution in [0.4, 0.5) is 11.4 Å². The summed E-state index contributed by atoms with van der Waals surface area (Å²) in [4.78, 5) is 12.2. The van der Waals surface area contributed by atoms with Crippen LogP contribution in [0.5, 0.6) is 11.5 Å². The Morgan fingerprint density at radius 3 is 2.41 bits per heavy atom. The molecule has 0 atom stereocenters. The molecule has 0 heterocycles. The molecule has 0 saturated carbocycles. The lowest BCUT2D eigenvalue weighted by molar-refractivity contribution is 0.102. The molecule has 0 bridgehead atoms. The van der Waals surface area contributed by atoms with Gasteiger partial charge in [0, 0.05) is 17.4 Å². The fourth-order valence-corrected chi connectivity index (χ4v) is 1.93. The van der Waals surface area contributed by atoms with Gasteiger partial charge in [0.15, 0.2) is 0 Å². The molecule has 22 heavy (non-hydrogen) atoms. The number of carbonyl (C=O) groups excluding carboxylic acids is 1. The Balaban J connectivity index is 2.05. The van der Waals surface area contributed by atoms with Crippen molar-refractivity contribution in [2.75, 3.05) is 24.8 Å². The van der Waals surface area contributed by atoms with Crippen LogP contribution in [0.1, 0.15) is 23.7 Å². The average molecular weight is 300 g/mol. The zero-order valence-corrected chi connectivity index (χ0v) is 12.8. The van der Waals surface area contributed by atoms with Crippen LogP contribution in [-0.4, -0.2) is 19.6 Å². The predicted octanol–water partition coefficient (Wildman–Crippen LogP) is 3.32. The van der Waals surface area contributed by atoms with E-state index in [1.165, 1.54) is 0 Å². The molecule has 0 aromatic heterocycles. The number of rotatable bonds is 6. The molecule has 116 valence electrons. The maximum atomic E-state index is 12.2. The van der Waals surface area contributed by atoms with Crippen LogP contribution in [0.2, 0.25) is 0 Å². The summed E-state index contributed by atoms with van der Waals surface area (Å²) in [6, 6.07) is 12.2.